The Hall–Kier alpha value is -0.490. The number of hydrogen-bond donors (Lipinski definition) is 1. The Kier molecular flexibility index (Phi) is 6.56. The number of pyridine rings is 1. The van der Waals surface area contributed by atoms with E-state index >= 15 is 0 Å². The second kappa shape index (κ2) is 7.73. The average molecular weight is 289 g/mol. The highest BCUT2D eigenvalue weighted by atomic mass is 79.9. The molecule has 1 aromatic heterocycles. The van der Waals surface area contributed by atoms with Crippen molar-refractivity contribution in [3.8, 4) is 0 Å². The van der Waals surface area contributed by atoms with Gasteiger partial charge in [-0.25, -0.2) is 0 Å². The summed E-state index contributed by atoms with van der Waals surface area (Å²) >= 11 is 3.35. The van der Waals surface area contributed by atoms with Gasteiger partial charge in [0.05, 0.1) is 18.4 Å². The molecule has 0 bridgehead atoms. The summed E-state index contributed by atoms with van der Waals surface area (Å²) in [7, 11) is 3.35. The number of methoxy groups -OCH3 is 2. The molecule has 0 aliphatic rings. The minimum atomic E-state index is 0.0837. The largest absolute Gasteiger partial charge is 0.382 e. The average Bonchev–Trinajstić information content (AvgIpc) is 2.30. The van der Waals surface area contributed by atoms with Crippen molar-refractivity contribution in [2.75, 3.05) is 27.4 Å². The molecule has 0 radical (unpaired) electrons. The molecule has 16 heavy (non-hydrogen) atoms. The third-order valence-electron chi connectivity index (χ3n) is 2.15. The SMILES string of the molecule is COCC(CNCc1ccc(Br)cn1)OC. The van der Waals surface area contributed by atoms with Crippen LogP contribution < -0.4 is 5.32 Å². The summed E-state index contributed by atoms with van der Waals surface area (Å²) in [4.78, 5) is 4.27. The Morgan fingerprint density at radius 3 is 2.81 bits per heavy atom. The van der Waals surface area contributed by atoms with Crippen LogP contribution in [0, 0.1) is 0 Å². The van der Waals surface area contributed by atoms with Crippen molar-refractivity contribution >= 4 is 15.9 Å². The normalized spacial score (nSPS) is 12.7. The van der Waals surface area contributed by atoms with Crippen LogP contribution in [0.2, 0.25) is 0 Å². The smallest absolute Gasteiger partial charge is 0.0928 e. The van der Waals surface area contributed by atoms with Gasteiger partial charge in [-0.2, -0.15) is 0 Å². The lowest BCUT2D eigenvalue weighted by Crippen LogP contribution is -2.31. The van der Waals surface area contributed by atoms with Gasteiger partial charge in [0.25, 0.3) is 0 Å². The zero-order chi connectivity index (χ0) is 11.8. The van der Waals surface area contributed by atoms with Crippen molar-refractivity contribution in [3.63, 3.8) is 0 Å². The van der Waals surface area contributed by atoms with Gasteiger partial charge in [0.15, 0.2) is 0 Å². The lowest BCUT2D eigenvalue weighted by atomic mass is 10.3. The summed E-state index contributed by atoms with van der Waals surface area (Å²) in [5, 5.41) is 3.27. The van der Waals surface area contributed by atoms with Gasteiger partial charge in [0.2, 0.25) is 0 Å². The highest BCUT2D eigenvalue weighted by Gasteiger charge is 2.05. The van der Waals surface area contributed by atoms with E-state index in [-0.39, 0.29) is 6.10 Å². The second-order valence-electron chi connectivity index (χ2n) is 3.41. The van der Waals surface area contributed by atoms with Crippen LogP contribution >= 0.6 is 15.9 Å². The summed E-state index contributed by atoms with van der Waals surface area (Å²) in [5.74, 6) is 0. The molecule has 0 saturated heterocycles. The molecule has 5 heteroatoms. The molecule has 1 unspecified atom stereocenters. The van der Waals surface area contributed by atoms with Gasteiger partial charge < -0.3 is 14.8 Å². The van der Waals surface area contributed by atoms with Crippen LogP contribution in [0.1, 0.15) is 5.69 Å². The van der Waals surface area contributed by atoms with Crippen LogP contribution in [0.25, 0.3) is 0 Å². The van der Waals surface area contributed by atoms with E-state index in [1.807, 2.05) is 12.1 Å². The molecule has 1 aromatic rings. The molecule has 0 fully saturated rings. The van der Waals surface area contributed by atoms with Gasteiger partial charge in [-0.15, -0.1) is 0 Å². The van der Waals surface area contributed by atoms with Gasteiger partial charge in [0, 0.05) is 38.0 Å². The first-order chi connectivity index (χ1) is 7.76. The molecule has 1 heterocycles. The predicted octanol–water partition coefficient (Wildman–Crippen LogP) is 1.60. The summed E-state index contributed by atoms with van der Waals surface area (Å²) in [6, 6.07) is 3.96. The van der Waals surface area contributed by atoms with E-state index in [9.17, 15) is 0 Å². The van der Waals surface area contributed by atoms with Gasteiger partial charge >= 0.3 is 0 Å². The van der Waals surface area contributed by atoms with Crippen molar-refractivity contribution in [2.24, 2.45) is 0 Å². The van der Waals surface area contributed by atoms with E-state index in [0.717, 1.165) is 23.3 Å². The summed E-state index contributed by atoms with van der Waals surface area (Å²) < 4.78 is 11.3. The molecule has 4 nitrogen and oxygen atoms in total. The number of nitrogens with zero attached hydrogens (tertiary/aromatic N) is 1. The summed E-state index contributed by atoms with van der Waals surface area (Å²) in [6.07, 6.45) is 1.88. The molecule has 0 aromatic carbocycles. The van der Waals surface area contributed by atoms with Gasteiger partial charge in [-0.3, -0.25) is 4.98 Å². The molecule has 0 saturated carbocycles. The van der Waals surface area contributed by atoms with Crippen LogP contribution in [0.3, 0.4) is 0 Å². The Labute approximate surface area is 104 Å². The van der Waals surface area contributed by atoms with Gasteiger partial charge in [0.1, 0.15) is 0 Å². The lowest BCUT2D eigenvalue weighted by molar-refractivity contribution is 0.0287. The zero-order valence-corrected chi connectivity index (χ0v) is 11.2. The maximum atomic E-state index is 5.23. The predicted molar refractivity (Wildman–Crippen MR) is 66.3 cm³/mol. The molecular formula is C11H17BrN2O2. The fourth-order valence-electron chi connectivity index (χ4n) is 1.27. The molecule has 1 atom stereocenters. The minimum absolute atomic E-state index is 0.0837. The third-order valence-corrected chi connectivity index (χ3v) is 2.62. The maximum Gasteiger partial charge on any atom is 0.0928 e. The highest BCUT2D eigenvalue weighted by molar-refractivity contribution is 9.10. The summed E-state index contributed by atoms with van der Waals surface area (Å²) in [5.41, 5.74) is 1.01. The highest BCUT2D eigenvalue weighted by Crippen LogP contribution is 2.07. The van der Waals surface area contributed by atoms with Crippen LogP contribution in [0.15, 0.2) is 22.8 Å². The van der Waals surface area contributed by atoms with E-state index in [4.69, 9.17) is 9.47 Å². The lowest BCUT2D eigenvalue weighted by Gasteiger charge is -2.14. The van der Waals surface area contributed by atoms with E-state index < -0.39 is 0 Å². The zero-order valence-electron chi connectivity index (χ0n) is 9.57. The molecule has 0 aliphatic carbocycles. The molecule has 0 amide bonds. The Bertz CT molecular complexity index is 293. The first kappa shape index (κ1) is 13.6. The van der Waals surface area contributed by atoms with Crippen molar-refractivity contribution in [1.82, 2.24) is 10.3 Å². The second-order valence-corrected chi connectivity index (χ2v) is 4.33. The molecule has 0 spiro atoms. The minimum Gasteiger partial charge on any atom is -0.382 e. The van der Waals surface area contributed by atoms with Gasteiger partial charge in [-0.1, -0.05) is 0 Å². The van der Waals surface area contributed by atoms with Gasteiger partial charge in [-0.05, 0) is 28.1 Å². The Balaban J connectivity index is 2.26. The third kappa shape index (κ3) is 5.03. The fourth-order valence-corrected chi connectivity index (χ4v) is 1.50. The number of rotatable bonds is 7. The van der Waals surface area contributed by atoms with Crippen molar-refractivity contribution < 1.29 is 9.47 Å². The fraction of sp³-hybridized carbons (Fsp3) is 0.545. The van der Waals surface area contributed by atoms with Crippen LogP contribution in [0.4, 0.5) is 0 Å². The topological polar surface area (TPSA) is 43.4 Å². The quantitative estimate of drug-likeness (QED) is 0.828. The molecule has 0 aliphatic heterocycles. The number of hydrogen-bond acceptors (Lipinski definition) is 4. The first-order valence-corrected chi connectivity index (χ1v) is 5.88. The maximum absolute atomic E-state index is 5.23. The van der Waals surface area contributed by atoms with Crippen molar-refractivity contribution in [1.29, 1.82) is 0 Å². The molecule has 1 rings (SSSR count). The molecular weight excluding hydrogens is 272 g/mol. The molecule has 90 valence electrons. The number of nitrogens with one attached hydrogen (secondary N) is 1. The summed E-state index contributed by atoms with van der Waals surface area (Å²) in [6.45, 7) is 2.08. The Morgan fingerprint density at radius 1 is 1.44 bits per heavy atom. The number of halogens is 1. The number of ether oxygens (including phenoxy) is 2. The standard InChI is InChI=1S/C11H17BrN2O2/c1-15-8-11(16-2)7-13-6-10-4-3-9(12)5-14-10/h3-5,11,13H,6-8H2,1-2H3. The van der Waals surface area contributed by atoms with E-state index in [0.29, 0.717) is 6.61 Å². The van der Waals surface area contributed by atoms with E-state index in [1.165, 1.54) is 0 Å². The van der Waals surface area contributed by atoms with Crippen LogP contribution in [-0.4, -0.2) is 38.5 Å². The van der Waals surface area contributed by atoms with E-state index in [2.05, 4.69) is 26.2 Å². The van der Waals surface area contributed by atoms with E-state index in [1.54, 1.807) is 20.4 Å². The monoisotopic (exact) mass is 288 g/mol. The Morgan fingerprint density at radius 2 is 2.25 bits per heavy atom. The number of aromatic nitrogens is 1. The van der Waals surface area contributed by atoms with Crippen molar-refractivity contribution in [2.45, 2.75) is 12.6 Å². The van der Waals surface area contributed by atoms with Crippen LogP contribution in [0.5, 0.6) is 0 Å². The first-order valence-electron chi connectivity index (χ1n) is 5.09. The van der Waals surface area contributed by atoms with Crippen molar-refractivity contribution in [3.05, 3.63) is 28.5 Å². The van der Waals surface area contributed by atoms with Crippen LogP contribution in [-0.2, 0) is 16.0 Å². The molecule has 1 N–H and O–H groups in total.